The second kappa shape index (κ2) is 4.26. The van der Waals surface area contributed by atoms with Gasteiger partial charge in [-0.25, -0.2) is 0 Å². The first-order valence-corrected chi connectivity index (χ1v) is 5.81. The summed E-state index contributed by atoms with van der Waals surface area (Å²) < 4.78 is 0. The summed E-state index contributed by atoms with van der Waals surface area (Å²) in [4.78, 5) is 11.9. The number of amides is 1. The third-order valence-electron chi connectivity index (χ3n) is 3.25. The second-order valence-electron chi connectivity index (χ2n) is 4.49. The molecular weight excluding hydrogens is 200 g/mol. The maximum absolute atomic E-state index is 11.9. The van der Waals surface area contributed by atoms with Crippen molar-refractivity contribution in [1.29, 1.82) is 0 Å². The van der Waals surface area contributed by atoms with Crippen molar-refractivity contribution in [2.75, 3.05) is 6.54 Å². The lowest BCUT2D eigenvalue weighted by Gasteiger charge is -2.14. The molecule has 86 valence electrons. The SMILES string of the molecule is CCc1ccc(C(=O)NC2(CN)CC2)cc1. The zero-order valence-electron chi connectivity index (χ0n) is 9.62. The van der Waals surface area contributed by atoms with Crippen LogP contribution in [0.1, 0.15) is 35.7 Å². The van der Waals surface area contributed by atoms with Crippen LogP contribution in [0.4, 0.5) is 0 Å². The summed E-state index contributed by atoms with van der Waals surface area (Å²) >= 11 is 0. The van der Waals surface area contributed by atoms with Crippen LogP contribution in [0.5, 0.6) is 0 Å². The standard InChI is InChI=1S/C13H18N2O/c1-2-10-3-5-11(6-4-10)12(16)15-13(9-14)7-8-13/h3-6H,2,7-9,14H2,1H3,(H,15,16). The summed E-state index contributed by atoms with van der Waals surface area (Å²) in [5.74, 6) is -0.00870. The van der Waals surface area contributed by atoms with E-state index in [1.807, 2.05) is 24.3 Å². The molecule has 3 nitrogen and oxygen atoms in total. The summed E-state index contributed by atoms with van der Waals surface area (Å²) in [6.45, 7) is 2.63. The molecule has 1 aliphatic carbocycles. The number of hydrogen-bond acceptors (Lipinski definition) is 2. The molecule has 0 atom stereocenters. The Bertz CT molecular complexity index is 379. The molecule has 0 spiro atoms. The quantitative estimate of drug-likeness (QED) is 0.804. The van der Waals surface area contributed by atoms with Gasteiger partial charge in [-0.1, -0.05) is 19.1 Å². The summed E-state index contributed by atoms with van der Waals surface area (Å²) in [5, 5.41) is 3.01. The van der Waals surface area contributed by atoms with Gasteiger partial charge in [0.2, 0.25) is 0 Å². The predicted octanol–water partition coefficient (Wildman–Crippen LogP) is 1.47. The minimum absolute atomic E-state index is 0.00870. The van der Waals surface area contributed by atoms with Gasteiger partial charge < -0.3 is 11.1 Å². The lowest BCUT2D eigenvalue weighted by molar-refractivity contribution is 0.0933. The van der Waals surface area contributed by atoms with E-state index in [0.29, 0.717) is 6.54 Å². The van der Waals surface area contributed by atoms with Crippen molar-refractivity contribution in [3.8, 4) is 0 Å². The van der Waals surface area contributed by atoms with Gasteiger partial charge in [-0.15, -0.1) is 0 Å². The fourth-order valence-electron chi connectivity index (χ4n) is 1.74. The first-order valence-electron chi connectivity index (χ1n) is 5.81. The van der Waals surface area contributed by atoms with Gasteiger partial charge in [-0.2, -0.15) is 0 Å². The van der Waals surface area contributed by atoms with Gasteiger partial charge in [-0.3, -0.25) is 4.79 Å². The monoisotopic (exact) mass is 218 g/mol. The largest absolute Gasteiger partial charge is 0.345 e. The fourth-order valence-corrected chi connectivity index (χ4v) is 1.74. The average molecular weight is 218 g/mol. The van der Waals surface area contributed by atoms with E-state index in [1.54, 1.807) is 0 Å². The van der Waals surface area contributed by atoms with Crippen LogP contribution >= 0.6 is 0 Å². The van der Waals surface area contributed by atoms with Crippen LogP contribution in [-0.2, 0) is 6.42 Å². The first kappa shape index (κ1) is 11.1. The Morgan fingerprint density at radius 2 is 2.00 bits per heavy atom. The number of carbonyl (C=O) groups excluding carboxylic acids is 1. The summed E-state index contributed by atoms with van der Waals surface area (Å²) in [7, 11) is 0. The van der Waals surface area contributed by atoms with Crippen LogP contribution in [0, 0.1) is 0 Å². The number of nitrogens with two attached hydrogens (primary N) is 1. The Hall–Kier alpha value is -1.35. The lowest BCUT2D eigenvalue weighted by atomic mass is 10.1. The highest BCUT2D eigenvalue weighted by Crippen LogP contribution is 2.34. The number of hydrogen-bond donors (Lipinski definition) is 2. The van der Waals surface area contributed by atoms with Crippen LogP contribution in [0.3, 0.4) is 0 Å². The van der Waals surface area contributed by atoms with Gasteiger partial charge in [0.05, 0.1) is 5.54 Å². The third kappa shape index (κ3) is 2.25. The molecule has 0 bridgehead atoms. The number of carbonyl (C=O) groups is 1. The zero-order valence-corrected chi connectivity index (χ0v) is 9.62. The van der Waals surface area contributed by atoms with Crippen molar-refractivity contribution < 1.29 is 4.79 Å². The molecule has 1 amide bonds. The highest BCUT2D eigenvalue weighted by Gasteiger charge is 2.42. The molecule has 1 aromatic rings. The van der Waals surface area contributed by atoms with Gasteiger partial charge in [0.25, 0.3) is 5.91 Å². The lowest BCUT2D eigenvalue weighted by Crippen LogP contribution is -2.42. The summed E-state index contributed by atoms with van der Waals surface area (Å²) in [6.07, 6.45) is 3.00. The van der Waals surface area contributed by atoms with Crippen LogP contribution in [-0.4, -0.2) is 18.0 Å². The van der Waals surface area contributed by atoms with E-state index in [9.17, 15) is 4.79 Å². The van der Waals surface area contributed by atoms with Crippen LogP contribution in [0.2, 0.25) is 0 Å². The number of aryl methyl sites for hydroxylation is 1. The van der Waals surface area contributed by atoms with E-state index in [1.165, 1.54) is 5.56 Å². The van der Waals surface area contributed by atoms with Crippen molar-refractivity contribution >= 4 is 5.91 Å². The Morgan fingerprint density at radius 3 is 2.44 bits per heavy atom. The van der Waals surface area contributed by atoms with Crippen molar-refractivity contribution in [3.05, 3.63) is 35.4 Å². The summed E-state index contributed by atoms with van der Waals surface area (Å²) in [6, 6.07) is 7.75. The van der Waals surface area contributed by atoms with Gasteiger partial charge in [0.15, 0.2) is 0 Å². The van der Waals surface area contributed by atoms with Crippen molar-refractivity contribution in [3.63, 3.8) is 0 Å². The molecule has 16 heavy (non-hydrogen) atoms. The zero-order chi connectivity index (χ0) is 11.6. The third-order valence-corrected chi connectivity index (χ3v) is 3.25. The highest BCUT2D eigenvalue weighted by molar-refractivity contribution is 5.95. The maximum Gasteiger partial charge on any atom is 0.251 e. The molecule has 2 rings (SSSR count). The molecule has 1 saturated carbocycles. The number of rotatable bonds is 4. The van der Waals surface area contributed by atoms with Crippen LogP contribution < -0.4 is 11.1 Å². The molecule has 3 N–H and O–H groups in total. The van der Waals surface area contributed by atoms with Crippen LogP contribution in [0.25, 0.3) is 0 Å². The van der Waals surface area contributed by atoms with E-state index < -0.39 is 0 Å². The predicted molar refractivity (Wildman–Crippen MR) is 64.3 cm³/mol. The normalized spacial score (nSPS) is 16.9. The number of benzene rings is 1. The average Bonchev–Trinajstić information content (AvgIpc) is 3.09. The van der Waals surface area contributed by atoms with Gasteiger partial charge in [0, 0.05) is 12.1 Å². The molecule has 0 heterocycles. The molecule has 0 unspecified atom stereocenters. The first-order chi connectivity index (χ1) is 7.69. The fraction of sp³-hybridized carbons (Fsp3) is 0.462. The highest BCUT2D eigenvalue weighted by atomic mass is 16.1. The van der Waals surface area contributed by atoms with E-state index in [-0.39, 0.29) is 11.4 Å². The molecule has 1 aromatic carbocycles. The minimum Gasteiger partial charge on any atom is -0.345 e. The smallest absolute Gasteiger partial charge is 0.251 e. The topological polar surface area (TPSA) is 55.1 Å². The molecule has 0 radical (unpaired) electrons. The second-order valence-corrected chi connectivity index (χ2v) is 4.49. The van der Waals surface area contributed by atoms with Crippen LogP contribution in [0.15, 0.2) is 24.3 Å². The van der Waals surface area contributed by atoms with Gasteiger partial charge in [-0.05, 0) is 37.0 Å². The van der Waals surface area contributed by atoms with E-state index in [0.717, 1.165) is 24.8 Å². The Kier molecular flexibility index (Phi) is 2.97. The molecule has 0 aliphatic heterocycles. The molecule has 0 saturated heterocycles. The maximum atomic E-state index is 11.9. The van der Waals surface area contributed by atoms with Crippen molar-refractivity contribution in [1.82, 2.24) is 5.32 Å². The van der Waals surface area contributed by atoms with Crippen molar-refractivity contribution in [2.24, 2.45) is 5.73 Å². The van der Waals surface area contributed by atoms with E-state index in [4.69, 9.17) is 5.73 Å². The molecule has 3 heteroatoms. The van der Waals surface area contributed by atoms with Gasteiger partial charge in [0.1, 0.15) is 0 Å². The van der Waals surface area contributed by atoms with E-state index >= 15 is 0 Å². The molecular formula is C13H18N2O. The minimum atomic E-state index is -0.111. The Balaban J connectivity index is 2.03. The molecule has 1 aliphatic rings. The van der Waals surface area contributed by atoms with Gasteiger partial charge >= 0.3 is 0 Å². The Labute approximate surface area is 96.0 Å². The van der Waals surface area contributed by atoms with E-state index in [2.05, 4.69) is 12.2 Å². The number of nitrogens with one attached hydrogen (secondary N) is 1. The molecule has 1 fully saturated rings. The molecule has 0 aromatic heterocycles. The van der Waals surface area contributed by atoms with Crippen molar-refractivity contribution in [2.45, 2.75) is 31.7 Å². The summed E-state index contributed by atoms with van der Waals surface area (Å²) in [5.41, 5.74) is 7.48. The Morgan fingerprint density at radius 1 is 1.38 bits per heavy atom.